The van der Waals surface area contributed by atoms with Gasteiger partial charge in [-0.05, 0) is 100.0 Å². The molecule has 0 spiro atoms. The van der Waals surface area contributed by atoms with Gasteiger partial charge in [-0.3, -0.25) is 4.79 Å². The summed E-state index contributed by atoms with van der Waals surface area (Å²) in [6.45, 7) is 1.93. The molecule has 7 heteroatoms. The number of hydrogen-bond donors (Lipinski definition) is 3. The smallest absolute Gasteiger partial charge is 0.320 e. The number of nitrogen functional groups attached to an aromatic ring is 1. The lowest BCUT2D eigenvalue weighted by Gasteiger charge is -2.14. The molecular weight excluding hydrogens is 522 g/mol. The number of benzene rings is 2. The van der Waals surface area contributed by atoms with E-state index in [0.717, 1.165) is 29.7 Å². The van der Waals surface area contributed by atoms with Crippen LogP contribution < -0.4 is 16.2 Å². The molecule has 122 valence electrons. The van der Waals surface area contributed by atoms with Crippen molar-refractivity contribution in [2.45, 2.75) is 19.4 Å². The van der Waals surface area contributed by atoms with E-state index < -0.39 is 12.0 Å². The molecule has 0 saturated heterocycles. The lowest BCUT2D eigenvalue weighted by atomic mass is 10.1. The number of ether oxygens (including phenoxy) is 1. The summed E-state index contributed by atoms with van der Waals surface area (Å²) < 4.78 is 7.76. The zero-order valence-corrected chi connectivity index (χ0v) is 16.7. The largest absolute Gasteiger partial charge is 0.480 e. The van der Waals surface area contributed by atoms with Crippen molar-refractivity contribution in [1.82, 2.24) is 0 Å². The average Bonchev–Trinajstić information content (AvgIpc) is 2.46. The Hall–Kier alpha value is -1.07. The van der Waals surface area contributed by atoms with E-state index in [4.69, 9.17) is 21.3 Å². The molecule has 5 N–H and O–H groups in total. The summed E-state index contributed by atoms with van der Waals surface area (Å²) in [6, 6.07) is 8.40. The van der Waals surface area contributed by atoms with E-state index in [0.29, 0.717) is 5.75 Å². The van der Waals surface area contributed by atoms with E-state index in [1.807, 2.05) is 37.3 Å². The number of carboxylic acids is 1. The highest BCUT2D eigenvalue weighted by Crippen LogP contribution is 2.34. The molecule has 0 unspecified atom stereocenters. The van der Waals surface area contributed by atoms with Crippen LogP contribution in [0.5, 0.6) is 11.5 Å². The Bertz CT molecular complexity index is 727. The van der Waals surface area contributed by atoms with E-state index in [1.54, 1.807) is 0 Å². The number of rotatable bonds is 5. The van der Waals surface area contributed by atoms with E-state index in [2.05, 4.69) is 45.2 Å². The lowest BCUT2D eigenvalue weighted by molar-refractivity contribution is -0.138. The van der Waals surface area contributed by atoms with Crippen molar-refractivity contribution in [2.75, 3.05) is 5.73 Å². The summed E-state index contributed by atoms with van der Waals surface area (Å²) >= 11 is 4.35. The van der Waals surface area contributed by atoms with Crippen molar-refractivity contribution in [3.05, 3.63) is 48.6 Å². The van der Waals surface area contributed by atoms with Crippen molar-refractivity contribution in [3.8, 4) is 11.5 Å². The minimum Gasteiger partial charge on any atom is -0.480 e. The van der Waals surface area contributed by atoms with Gasteiger partial charge in [0.05, 0.1) is 7.14 Å². The second-order valence-electron chi connectivity index (χ2n) is 5.16. The third-order valence-corrected chi connectivity index (χ3v) is 4.89. The van der Waals surface area contributed by atoms with E-state index >= 15 is 0 Å². The van der Waals surface area contributed by atoms with Gasteiger partial charge in [-0.2, -0.15) is 0 Å². The summed E-state index contributed by atoms with van der Waals surface area (Å²) in [5.74, 6) is 0.443. The summed E-state index contributed by atoms with van der Waals surface area (Å²) in [5.41, 5.74) is 14.0. The molecular formula is C16H16I2N2O3. The second kappa shape index (κ2) is 7.67. The average molecular weight is 538 g/mol. The highest BCUT2D eigenvalue weighted by atomic mass is 127. The number of aliphatic carboxylic acids is 1. The molecule has 0 bridgehead atoms. The van der Waals surface area contributed by atoms with Gasteiger partial charge in [0.2, 0.25) is 0 Å². The molecule has 0 saturated carbocycles. The first-order valence-electron chi connectivity index (χ1n) is 6.78. The Morgan fingerprint density at radius 2 is 1.87 bits per heavy atom. The standard InChI is InChI=1S/C16H16I2N2O3/c1-8-4-10(2-3-13(8)19)23-15-11(17)5-9(6-12(15)18)7-14(20)16(21)22/h2-6,14H,7,19-20H2,1H3,(H,21,22)/t14-/m0/s1. The number of carboxylic acid groups (broad SMARTS) is 1. The van der Waals surface area contributed by atoms with Crippen LogP contribution in [0.4, 0.5) is 5.69 Å². The predicted molar refractivity (Wildman–Crippen MR) is 107 cm³/mol. The normalized spacial score (nSPS) is 12.0. The van der Waals surface area contributed by atoms with E-state index in [1.165, 1.54) is 0 Å². The third-order valence-electron chi connectivity index (χ3n) is 3.29. The molecule has 2 aromatic carbocycles. The van der Waals surface area contributed by atoms with Gasteiger partial charge in [0.15, 0.2) is 5.75 Å². The minimum atomic E-state index is -1.01. The maximum Gasteiger partial charge on any atom is 0.320 e. The monoisotopic (exact) mass is 538 g/mol. The van der Waals surface area contributed by atoms with Crippen LogP contribution in [0.1, 0.15) is 11.1 Å². The number of hydrogen-bond acceptors (Lipinski definition) is 4. The summed E-state index contributed by atoms with van der Waals surface area (Å²) in [7, 11) is 0. The maximum absolute atomic E-state index is 10.9. The number of anilines is 1. The van der Waals surface area contributed by atoms with Crippen LogP contribution in [0.3, 0.4) is 0 Å². The fraction of sp³-hybridized carbons (Fsp3) is 0.188. The zero-order valence-electron chi connectivity index (χ0n) is 12.3. The van der Waals surface area contributed by atoms with Gasteiger partial charge in [-0.25, -0.2) is 0 Å². The number of aryl methyl sites for hydroxylation is 1. The van der Waals surface area contributed by atoms with Crippen LogP contribution in [-0.4, -0.2) is 17.1 Å². The Labute approximate surface area is 161 Å². The second-order valence-corrected chi connectivity index (χ2v) is 7.48. The van der Waals surface area contributed by atoms with Crippen molar-refractivity contribution in [3.63, 3.8) is 0 Å². The zero-order chi connectivity index (χ0) is 17.1. The summed E-state index contributed by atoms with van der Waals surface area (Å²) in [4.78, 5) is 10.9. The van der Waals surface area contributed by atoms with Gasteiger partial charge < -0.3 is 21.3 Å². The highest BCUT2D eigenvalue weighted by Gasteiger charge is 2.16. The van der Waals surface area contributed by atoms with E-state index in [-0.39, 0.29) is 6.42 Å². The molecule has 5 nitrogen and oxygen atoms in total. The fourth-order valence-corrected chi connectivity index (χ4v) is 4.12. The van der Waals surface area contributed by atoms with Gasteiger partial charge in [-0.1, -0.05) is 0 Å². The fourth-order valence-electron chi connectivity index (χ4n) is 2.00. The van der Waals surface area contributed by atoms with Crippen LogP contribution >= 0.6 is 45.2 Å². The molecule has 0 fully saturated rings. The van der Waals surface area contributed by atoms with Crippen LogP contribution in [0.25, 0.3) is 0 Å². The highest BCUT2D eigenvalue weighted by molar-refractivity contribution is 14.1. The molecule has 1 atom stereocenters. The SMILES string of the molecule is Cc1cc(Oc2c(I)cc(C[C@H](N)C(=O)O)cc2I)ccc1N. The molecule has 2 aromatic rings. The topological polar surface area (TPSA) is 98.6 Å². The molecule has 23 heavy (non-hydrogen) atoms. The summed E-state index contributed by atoms with van der Waals surface area (Å²) in [6.07, 6.45) is 0.280. The molecule has 2 rings (SSSR count). The van der Waals surface area contributed by atoms with Crippen LogP contribution in [0, 0.1) is 14.1 Å². The van der Waals surface area contributed by atoms with Gasteiger partial charge in [0.1, 0.15) is 11.8 Å². The van der Waals surface area contributed by atoms with Gasteiger partial charge in [0, 0.05) is 5.69 Å². The Kier molecular flexibility index (Phi) is 6.09. The number of nitrogens with two attached hydrogens (primary N) is 2. The molecule has 0 aliphatic carbocycles. The number of carbonyl (C=O) groups is 1. The number of halogens is 2. The minimum absolute atomic E-state index is 0.280. The van der Waals surface area contributed by atoms with Crippen LogP contribution in [0.2, 0.25) is 0 Å². The Morgan fingerprint density at radius 1 is 1.26 bits per heavy atom. The molecule has 0 radical (unpaired) electrons. The van der Waals surface area contributed by atoms with E-state index in [9.17, 15) is 4.79 Å². The van der Waals surface area contributed by atoms with Crippen molar-refractivity contribution in [1.29, 1.82) is 0 Å². The molecule has 0 aliphatic heterocycles. The van der Waals surface area contributed by atoms with Crippen molar-refractivity contribution in [2.24, 2.45) is 5.73 Å². The van der Waals surface area contributed by atoms with Crippen LogP contribution in [-0.2, 0) is 11.2 Å². The Morgan fingerprint density at radius 3 is 2.39 bits per heavy atom. The summed E-state index contributed by atoms with van der Waals surface area (Å²) in [5, 5.41) is 8.92. The van der Waals surface area contributed by atoms with Crippen LogP contribution in [0.15, 0.2) is 30.3 Å². The van der Waals surface area contributed by atoms with Crippen molar-refractivity contribution >= 4 is 56.8 Å². The molecule has 0 amide bonds. The van der Waals surface area contributed by atoms with Gasteiger partial charge >= 0.3 is 5.97 Å². The first-order chi connectivity index (χ1) is 10.8. The van der Waals surface area contributed by atoms with Crippen molar-refractivity contribution < 1.29 is 14.6 Å². The lowest BCUT2D eigenvalue weighted by Crippen LogP contribution is -2.32. The maximum atomic E-state index is 10.9. The first kappa shape index (κ1) is 18.3. The molecule has 0 aliphatic rings. The molecule has 0 heterocycles. The first-order valence-corrected chi connectivity index (χ1v) is 8.94. The van der Waals surface area contributed by atoms with Gasteiger partial charge in [-0.15, -0.1) is 0 Å². The molecule has 0 aromatic heterocycles. The third kappa shape index (κ3) is 4.70. The van der Waals surface area contributed by atoms with Gasteiger partial charge in [0.25, 0.3) is 0 Å². The quantitative estimate of drug-likeness (QED) is 0.400. The predicted octanol–water partition coefficient (Wildman–Crippen LogP) is 3.53. The Balaban J connectivity index is 2.26.